The number of anilines is 3. The van der Waals surface area contributed by atoms with E-state index in [9.17, 15) is 32.7 Å². The molecule has 1 aliphatic rings. The minimum Gasteiger partial charge on any atom is -0.490 e. The number of carbonyl (C=O) groups excluding carboxylic acids is 3. The Morgan fingerprint density at radius 2 is 1.61 bits per heavy atom. The maximum atomic E-state index is 14.3. The zero-order valence-corrected chi connectivity index (χ0v) is 29.2. The number of nitrogens with one attached hydrogen (secondary N) is 3. The molecule has 4 N–H and O–H groups in total. The van der Waals surface area contributed by atoms with Crippen molar-refractivity contribution in [2.45, 2.75) is 64.5 Å². The van der Waals surface area contributed by atoms with Gasteiger partial charge in [-0.05, 0) is 87.7 Å². The van der Waals surface area contributed by atoms with Crippen molar-refractivity contribution in [3.63, 3.8) is 0 Å². The normalized spacial score (nSPS) is 19.5. The van der Waals surface area contributed by atoms with Crippen LogP contribution in [0.4, 0.5) is 39.8 Å². The van der Waals surface area contributed by atoms with Crippen LogP contribution < -0.4 is 20.7 Å². The Balaban J connectivity index is 1.56. The van der Waals surface area contributed by atoms with E-state index >= 15 is 0 Å². The van der Waals surface area contributed by atoms with Gasteiger partial charge in [0.25, 0.3) is 5.91 Å². The van der Waals surface area contributed by atoms with Crippen LogP contribution in [0.1, 0.15) is 56.0 Å². The molecular weight excluding hydrogens is 667 g/mol. The van der Waals surface area contributed by atoms with E-state index in [4.69, 9.17) is 9.47 Å². The van der Waals surface area contributed by atoms with Crippen LogP contribution in [0.25, 0.3) is 0 Å². The highest BCUT2D eigenvalue weighted by atomic mass is 19.4. The summed E-state index contributed by atoms with van der Waals surface area (Å²) in [4.78, 5) is 43.3. The first-order valence-electron chi connectivity index (χ1n) is 16.9. The summed E-state index contributed by atoms with van der Waals surface area (Å²) in [7, 11) is 1.68. The molecule has 1 heterocycles. The molecule has 276 valence electrons. The number of fused-ring (bicyclic) bond motifs is 1. The molecule has 0 spiro atoms. The van der Waals surface area contributed by atoms with Crippen molar-refractivity contribution < 1.29 is 42.1 Å². The number of urea groups is 2. The highest BCUT2D eigenvalue weighted by molar-refractivity contribution is 6.02. The molecule has 0 aliphatic carbocycles. The molecule has 0 saturated heterocycles. The molecule has 3 aromatic rings. The van der Waals surface area contributed by atoms with Gasteiger partial charge in [-0.15, -0.1) is 0 Å². The number of para-hydroxylation sites is 1. The molecule has 0 unspecified atom stereocenters. The first-order chi connectivity index (χ1) is 24.2. The SMILES string of the molecule is C[C@@H]1CCCCO[C@H](CN(C)C(=O)Nc2ccccc2)[C@H](C)CN([C@H](C)CO)C(=O)c2cc(NC(=O)Nc3ccc(C(F)(F)F)cc3)ccc2O1. The second-order valence-corrected chi connectivity index (χ2v) is 12.8. The predicted octanol–water partition coefficient (Wildman–Crippen LogP) is 7.31. The Kier molecular flexibility index (Phi) is 13.7. The van der Waals surface area contributed by atoms with E-state index in [2.05, 4.69) is 16.0 Å². The number of aliphatic hydroxyl groups excluding tert-OH is 1. The fourth-order valence-corrected chi connectivity index (χ4v) is 5.59. The van der Waals surface area contributed by atoms with E-state index < -0.39 is 35.8 Å². The molecule has 0 radical (unpaired) electrons. The van der Waals surface area contributed by atoms with Crippen LogP contribution in [-0.4, -0.2) is 84.5 Å². The minimum absolute atomic E-state index is 0.143. The number of likely N-dealkylation sites (N-methyl/N-ethyl adjacent to an activating group) is 1. The summed E-state index contributed by atoms with van der Waals surface area (Å²) in [6.07, 6.45) is -3.03. The minimum atomic E-state index is -4.51. The monoisotopic (exact) mass is 713 g/mol. The highest BCUT2D eigenvalue weighted by Crippen LogP contribution is 2.31. The van der Waals surface area contributed by atoms with Crippen LogP contribution in [-0.2, 0) is 10.9 Å². The van der Waals surface area contributed by atoms with E-state index in [0.29, 0.717) is 24.5 Å². The van der Waals surface area contributed by atoms with Gasteiger partial charge >= 0.3 is 18.2 Å². The summed E-state index contributed by atoms with van der Waals surface area (Å²) in [6.45, 7) is 6.06. The Hall–Kier alpha value is -4.82. The first kappa shape index (κ1) is 39.0. The number of aliphatic hydroxyl groups is 1. The van der Waals surface area contributed by atoms with Crippen LogP contribution in [0.15, 0.2) is 72.8 Å². The lowest BCUT2D eigenvalue weighted by Crippen LogP contribution is -2.48. The Bertz CT molecular complexity index is 1610. The molecule has 0 bridgehead atoms. The standard InChI is InChI=1S/C37H46F3N5O6/c1-24-21-45(25(2)23-46)34(47)31-20-30(42-35(48)41-29-15-13-27(14-16-29)37(38,39)40)17-18-32(31)51-26(3)10-8-9-19-50-33(24)22-44(4)36(49)43-28-11-6-5-7-12-28/h5-7,11-18,20,24-26,33,46H,8-10,19,21-23H2,1-4H3,(H,43,49)(H2,41,42,48)/t24-,25-,26-,33-/m1/s1. The van der Waals surface area contributed by atoms with Crippen molar-refractivity contribution in [2.75, 3.05) is 49.3 Å². The van der Waals surface area contributed by atoms with E-state index in [-0.39, 0.29) is 54.7 Å². The summed E-state index contributed by atoms with van der Waals surface area (Å²) in [5.41, 5.74) is 0.339. The summed E-state index contributed by atoms with van der Waals surface area (Å²) in [5, 5.41) is 18.2. The summed E-state index contributed by atoms with van der Waals surface area (Å²) in [5.74, 6) is -0.438. The predicted molar refractivity (Wildman–Crippen MR) is 189 cm³/mol. The van der Waals surface area contributed by atoms with E-state index in [1.807, 2.05) is 32.0 Å². The molecular formula is C37H46F3N5O6. The quantitative estimate of drug-likeness (QED) is 0.203. The molecule has 4 rings (SSSR count). The summed E-state index contributed by atoms with van der Waals surface area (Å²) >= 11 is 0. The number of alkyl halides is 3. The number of rotatable bonds is 7. The lowest BCUT2D eigenvalue weighted by atomic mass is 10.0. The van der Waals surface area contributed by atoms with Crippen LogP contribution in [0, 0.1) is 5.92 Å². The van der Waals surface area contributed by atoms with Gasteiger partial charge in [-0.25, -0.2) is 9.59 Å². The van der Waals surface area contributed by atoms with E-state index in [0.717, 1.165) is 37.1 Å². The van der Waals surface area contributed by atoms with Crippen molar-refractivity contribution in [3.8, 4) is 5.75 Å². The molecule has 14 heteroatoms. The van der Waals surface area contributed by atoms with Crippen LogP contribution >= 0.6 is 0 Å². The van der Waals surface area contributed by atoms with Gasteiger partial charge in [0.15, 0.2) is 0 Å². The zero-order valence-electron chi connectivity index (χ0n) is 29.2. The van der Waals surface area contributed by atoms with Gasteiger partial charge in [-0.1, -0.05) is 25.1 Å². The number of carbonyl (C=O) groups is 3. The van der Waals surface area contributed by atoms with Crippen molar-refractivity contribution in [2.24, 2.45) is 5.92 Å². The number of halogens is 3. The fourth-order valence-electron chi connectivity index (χ4n) is 5.59. The molecule has 0 saturated carbocycles. The van der Waals surface area contributed by atoms with E-state index in [1.165, 1.54) is 15.9 Å². The number of benzene rings is 3. The van der Waals surface area contributed by atoms with Crippen LogP contribution in [0.3, 0.4) is 0 Å². The number of hydrogen-bond acceptors (Lipinski definition) is 6. The molecule has 0 aromatic heterocycles. The maximum Gasteiger partial charge on any atom is 0.416 e. The smallest absolute Gasteiger partial charge is 0.416 e. The topological polar surface area (TPSA) is 132 Å². The molecule has 1 aliphatic heterocycles. The second-order valence-electron chi connectivity index (χ2n) is 12.8. The number of nitrogens with zero attached hydrogens (tertiary/aromatic N) is 2. The second kappa shape index (κ2) is 17.9. The zero-order chi connectivity index (χ0) is 37.1. The van der Waals surface area contributed by atoms with Crippen molar-refractivity contribution in [3.05, 3.63) is 83.9 Å². The number of amides is 5. The molecule has 4 atom stereocenters. The molecule has 0 fully saturated rings. The fraction of sp³-hybridized carbons (Fsp3) is 0.432. The van der Waals surface area contributed by atoms with Gasteiger partial charge in [0.1, 0.15) is 5.75 Å². The van der Waals surface area contributed by atoms with Crippen LogP contribution in [0.2, 0.25) is 0 Å². The molecule has 51 heavy (non-hydrogen) atoms. The third-order valence-corrected chi connectivity index (χ3v) is 8.61. The van der Waals surface area contributed by atoms with Gasteiger partial charge in [-0.3, -0.25) is 4.79 Å². The van der Waals surface area contributed by atoms with Crippen molar-refractivity contribution in [1.29, 1.82) is 0 Å². The van der Waals surface area contributed by atoms with E-state index in [1.54, 1.807) is 38.2 Å². The third kappa shape index (κ3) is 11.3. The number of ether oxygens (including phenoxy) is 2. The largest absolute Gasteiger partial charge is 0.490 e. The highest BCUT2D eigenvalue weighted by Gasteiger charge is 2.32. The third-order valence-electron chi connectivity index (χ3n) is 8.61. The average Bonchev–Trinajstić information content (AvgIpc) is 3.09. The summed E-state index contributed by atoms with van der Waals surface area (Å²) in [6, 6.07) is 16.1. The lowest BCUT2D eigenvalue weighted by molar-refractivity contribution is -0.137. The van der Waals surface area contributed by atoms with Gasteiger partial charge in [0.05, 0.1) is 36.0 Å². The Labute approximate surface area is 296 Å². The molecule has 5 amide bonds. The Morgan fingerprint density at radius 1 is 0.961 bits per heavy atom. The van der Waals surface area contributed by atoms with Crippen molar-refractivity contribution >= 4 is 35.0 Å². The first-order valence-corrected chi connectivity index (χ1v) is 16.9. The lowest BCUT2D eigenvalue weighted by Gasteiger charge is -2.35. The maximum absolute atomic E-state index is 14.3. The van der Waals surface area contributed by atoms with Crippen molar-refractivity contribution in [1.82, 2.24) is 9.80 Å². The van der Waals surface area contributed by atoms with Gasteiger partial charge in [0, 0.05) is 49.7 Å². The van der Waals surface area contributed by atoms with Gasteiger partial charge < -0.3 is 40.3 Å². The van der Waals surface area contributed by atoms with Gasteiger partial charge in [0.2, 0.25) is 0 Å². The average molecular weight is 714 g/mol. The van der Waals surface area contributed by atoms with Crippen LogP contribution in [0.5, 0.6) is 5.75 Å². The molecule has 11 nitrogen and oxygen atoms in total. The summed E-state index contributed by atoms with van der Waals surface area (Å²) < 4.78 is 51.4. The Morgan fingerprint density at radius 3 is 2.27 bits per heavy atom. The van der Waals surface area contributed by atoms with Gasteiger partial charge in [-0.2, -0.15) is 13.2 Å². The molecule has 3 aromatic carbocycles. The number of hydrogen-bond donors (Lipinski definition) is 4.